The lowest BCUT2D eigenvalue weighted by Gasteiger charge is -2.05. The lowest BCUT2D eigenvalue weighted by molar-refractivity contribution is -0.118. The van der Waals surface area contributed by atoms with E-state index < -0.39 is 0 Å². The molecule has 1 atom stereocenters. The van der Waals surface area contributed by atoms with Crippen molar-refractivity contribution in [3.05, 3.63) is 11.8 Å². The first-order valence-electron chi connectivity index (χ1n) is 4.02. The van der Waals surface area contributed by atoms with Gasteiger partial charge in [-0.3, -0.25) is 9.89 Å². The summed E-state index contributed by atoms with van der Waals surface area (Å²) in [7, 11) is 0. The second kappa shape index (κ2) is 4.28. The van der Waals surface area contributed by atoms with E-state index in [1.54, 1.807) is 13.0 Å². The molecule has 0 fully saturated rings. The predicted molar refractivity (Wildman–Crippen MR) is 51.8 cm³/mol. The summed E-state index contributed by atoms with van der Waals surface area (Å²) < 4.78 is 0. The summed E-state index contributed by atoms with van der Waals surface area (Å²) in [5, 5.41) is 9.25. The van der Waals surface area contributed by atoms with Crippen LogP contribution >= 0.6 is 11.6 Å². The highest BCUT2D eigenvalue weighted by atomic mass is 35.5. The van der Waals surface area contributed by atoms with Gasteiger partial charge in [0.15, 0.2) is 5.82 Å². The third kappa shape index (κ3) is 2.73. The number of hydrogen-bond acceptors (Lipinski definition) is 2. The Morgan fingerprint density at radius 3 is 3.00 bits per heavy atom. The average molecular weight is 202 g/mol. The molecule has 0 aromatic carbocycles. The molecular weight excluding hydrogens is 190 g/mol. The molecule has 0 bridgehead atoms. The number of nitrogens with one attached hydrogen (secondary N) is 2. The summed E-state index contributed by atoms with van der Waals surface area (Å²) in [5.41, 5.74) is 0.911. The highest BCUT2D eigenvalue weighted by Gasteiger charge is 2.12. The van der Waals surface area contributed by atoms with Crippen LogP contribution in [0.2, 0.25) is 0 Å². The molecule has 13 heavy (non-hydrogen) atoms. The summed E-state index contributed by atoms with van der Waals surface area (Å²) in [5.74, 6) is 0.550. The van der Waals surface area contributed by atoms with Gasteiger partial charge in [0.2, 0.25) is 5.91 Å². The zero-order valence-corrected chi connectivity index (χ0v) is 8.35. The Bertz CT molecular complexity index is 297. The van der Waals surface area contributed by atoms with Crippen LogP contribution in [0.5, 0.6) is 0 Å². The Morgan fingerprint density at radius 2 is 2.54 bits per heavy atom. The molecule has 0 aliphatic carbocycles. The van der Waals surface area contributed by atoms with Gasteiger partial charge in [0.25, 0.3) is 0 Å². The molecular formula is C8H12ClN3O. The molecule has 0 saturated heterocycles. The smallest absolute Gasteiger partial charge is 0.229 e. The average Bonchev–Trinajstić information content (AvgIpc) is 2.49. The van der Waals surface area contributed by atoms with E-state index in [1.165, 1.54) is 0 Å². The molecule has 2 N–H and O–H groups in total. The minimum absolute atomic E-state index is 0.110. The van der Waals surface area contributed by atoms with E-state index >= 15 is 0 Å². The number of anilines is 1. The monoisotopic (exact) mass is 201 g/mol. The normalized spacial score (nSPS) is 12.5. The van der Waals surface area contributed by atoms with Crippen molar-refractivity contribution in [2.45, 2.75) is 13.8 Å². The number of amides is 1. The molecule has 1 unspecified atom stereocenters. The van der Waals surface area contributed by atoms with Crippen LogP contribution in [0.4, 0.5) is 5.82 Å². The van der Waals surface area contributed by atoms with E-state index in [4.69, 9.17) is 11.6 Å². The first kappa shape index (κ1) is 10.1. The topological polar surface area (TPSA) is 57.8 Å². The zero-order chi connectivity index (χ0) is 9.84. The van der Waals surface area contributed by atoms with Gasteiger partial charge in [0.05, 0.1) is 0 Å². The Kier molecular flexibility index (Phi) is 3.31. The van der Waals surface area contributed by atoms with Crippen LogP contribution in [0.25, 0.3) is 0 Å². The van der Waals surface area contributed by atoms with Gasteiger partial charge in [-0.2, -0.15) is 5.10 Å². The third-order valence-electron chi connectivity index (χ3n) is 1.64. The summed E-state index contributed by atoms with van der Waals surface area (Å²) >= 11 is 5.53. The second-order valence-electron chi connectivity index (χ2n) is 2.98. The van der Waals surface area contributed by atoms with Crippen molar-refractivity contribution in [2.24, 2.45) is 5.92 Å². The van der Waals surface area contributed by atoms with Crippen molar-refractivity contribution in [1.82, 2.24) is 10.2 Å². The molecule has 1 rings (SSSR count). The molecule has 0 aliphatic heterocycles. The fraction of sp³-hybridized carbons (Fsp3) is 0.500. The van der Waals surface area contributed by atoms with Crippen LogP contribution < -0.4 is 5.32 Å². The zero-order valence-electron chi connectivity index (χ0n) is 7.60. The van der Waals surface area contributed by atoms with Crippen molar-refractivity contribution in [2.75, 3.05) is 11.2 Å². The van der Waals surface area contributed by atoms with Crippen molar-refractivity contribution in [3.8, 4) is 0 Å². The molecule has 72 valence electrons. The standard InChI is InChI=1S/C8H12ClN3O/c1-5(4-9)8(13)10-7-3-6(2)11-12-7/h3,5H,4H2,1-2H3,(H2,10,11,12,13). The Labute approximate surface area is 81.7 Å². The molecule has 1 aromatic rings. The number of rotatable bonds is 3. The maximum Gasteiger partial charge on any atom is 0.229 e. The summed E-state index contributed by atoms with van der Waals surface area (Å²) in [6.07, 6.45) is 0. The number of aromatic amines is 1. The van der Waals surface area contributed by atoms with E-state index in [2.05, 4.69) is 15.5 Å². The molecule has 0 spiro atoms. The number of H-pyrrole nitrogens is 1. The van der Waals surface area contributed by atoms with Gasteiger partial charge in [0, 0.05) is 23.6 Å². The van der Waals surface area contributed by atoms with E-state index in [1.807, 2.05) is 6.92 Å². The lowest BCUT2D eigenvalue weighted by Crippen LogP contribution is -2.21. The minimum Gasteiger partial charge on any atom is -0.309 e. The van der Waals surface area contributed by atoms with Crippen molar-refractivity contribution < 1.29 is 4.79 Å². The maximum atomic E-state index is 11.3. The number of hydrogen-bond donors (Lipinski definition) is 2. The van der Waals surface area contributed by atoms with Crippen LogP contribution in [-0.2, 0) is 4.79 Å². The largest absolute Gasteiger partial charge is 0.309 e. The molecule has 4 nitrogen and oxygen atoms in total. The quantitative estimate of drug-likeness (QED) is 0.729. The molecule has 0 aliphatic rings. The molecule has 1 heterocycles. The number of carbonyl (C=O) groups excluding carboxylic acids is 1. The van der Waals surface area contributed by atoms with Crippen molar-refractivity contribution >= 4 is 23.3 Å². The Morgan fingerprint density at radius 1 is 1.85 bits per heavy atom. The van der Waals surface area contributed by atoms with Gasteiger partial charge in [-0.05, 0) is 6.92 Å². The van der Waals surface area contributed by atoms with Crippen molar-refractivity contribution in [3.63, 3.8) is 0 Å². The van der Waals surface area contributed by atoms with Gasteiger partial charge < -0.3 is 5.32 Å². The first-order chi connectivity index (χ1) is 6.13. The lowest BCUT2D eigenvalue weighted by atomic mass is 10.2. The highest BCUT2D eigenvalue weighted by molar-refractivity contribution is 6.19. The summed E-state index contributed by atoms with van der Waals surface area (Å²) in [4.78, 5) is 11.3. The van der Waals surface area contributed by atoms with Crippen molar-refractivity contribution in [1.29, 1.82) is 0 Å². The number of aromatic nitrogens is 2. The SMILES string of the molecule is Cc1cc(NC(=O)C(C)CCl)n[nH]1. The van der Waals surface area contributed by atoms with Gasteiger partial charge in [0.1, 0.15) is 0 Å². The molecule has 0 saturated carbocycles. The van der Waals surface area contributed by atoms with Crippen LogP contribution in [0.15, 0.2) is 6.07 Å². The van der Waals surface area contributed by atoms with E-state index in [9.17, 15) is 4.79 Å². The Hall–Kier alpha value is -1.03. The number of carbonyl (C=O) groups is 1. The van der Waals surface area contributed by atoms with Gasteiger partial charge in [-0.1, -0.05) is 6.92 Å². The number of halogens is 1. The second-order valence-corrected chi connectivity index (χ2v) is 3.29. The number of aryl methyl sites for hydroxylation is 1. The van der Waals surface area contributed by atoms with Crippen LogP contribution in [0.1, 0.15) is 12.6 Å². The Balaban J connectivity index is 2.54. The predicted octanol–water partition coefficient (Wildman–Crippen LogP) is 1.53. The van der Waals surface area contributed by atoms with Gasteiger partial charge in [-0.25, -0.2) is 0 Å². The first-order valence-corrected chi connectivity index (χ1v) is 4.55. The summed E-state index contributed by atoms with van der Waals surface area (Å²) in [6, 6.07) is 1.76. The van der Waals surface area contributed by atoms with Gasteiger partial charge >= 0.3 is 0 Å². The van der Waals surface area contributed by atoms with E-state index in [0.717, 1.165) is 5.69 Å². The van der Waals surface area contributed by atoms with Gasteiger partial charge in [-0.15, -0.1) is 11.6 Å². The van der Waals surface area contributed by atoms with E-state index in [-0.39, 0.29) is 11.8 Å². The summed E-state index contributed by atoms with van der Waals surface area (Å²) in [6.45, 7) is 3.63. The number of alkyl halides is 1. The highest BCUT2D eigenvalue weighted by Crippen LogP contribution is 2.07. The molecule has 5 heteroatoms. The third-order valence-corrected chi connectivity index (χ3v) is 2.10. The van der Waals surface area contributed by atoms with Crippen LogP contribution in [-0.4, -0.2) is 22.0 Å². The fourth-order valence-corrected chi connectivity index (χ4v) is 0.942. The molecule has 1 aromatic heterocycles. The van der Waals surface area contributed by atoms with Crippen LogP contribution in [0.3, 0.4) is 0 Å². The molecule has 1 amide bonds. The fourth-order valence-electron chi connectivity index (χ4n) is 0.802. The number of nitrogens with zero attached hydrogens (tertiary/aromatic N) is 1. The van der Waals surface area contributed by atoms with Crippen LogP contribution in [0, 0.1) is 12.8 Å². The van der Waals surface area contributed by atoms with E-state index in [0.29, 0.717) is 11.7 Å². The minimum atomic E-state index is -0.196. The maximum absolute atomic E-state index is 11.3. The molecule has 0 radical (unpaired) electrons.